The number of anilines is 6. The highest BCUT2D eigenvalue weighted by Gasteiger charge is 2.27. The minimum atomic E-state index is 1.10. The average molecular weight is 1400 g/mol. The van der Waals surface area contributed by atoms with E-state index >= 15 is 0 Å². The number of rotatable bonds is 16. The summed E-state index contributed by atoms with van der Waals surface area (Å²) in [5.74, 6) is 0. The SMILES string of the molecule is Cc1ccc(N(c2ccc(C=C(c3ccc(C=C4CCCCC4)cc3)c3ccc(C=C4CCCCC4)cc3)cc2)c2ccc3c4cccc5c(N(c6ccc(C)cc6)c6ccc(C=C(c7ccc(C=C8CCCCC8)cc7)c7ccc(C=C8CCCCC8)cc7)cc6)c6ccccc6c(c6cccc2c36)c54)cc1. The Morgan fingerprint density at radius 1 is 0.231 bits per heavy atom. The van der Waals surface area contributed by atoms with Crippen LogP contribution in [0, 0.1) is 13.8 Å². The lowest BCUT2D eigenvalue weighted by Gasteiger charge is -2.30. The first-order valence-corrected chi connectivity index (χ1v) is 40.4. The number of fused-ring (bicyclic) bond motifs is 4. The molecule has 4 saturated carbocycles. The molecule has 2 nitrogen and oxygen atoms in total. The Labute approximate surface area is 639 Å². The predicted molar refractivity (Wildman–Crippen MR) is 468 cm³/mol. The van der Waals surface area contributed by atoms with Crippen LogP contribution < -0.4 is 9.80 Å². The van der Waals surface area contributed by atoms with Crippen LogP contribution >= 0.6 is 0 Å². The number of aryl methyl sites for hydroxylation is 2. The van der Waals surface area contributed by atoms with Gasteiger partial charge in [0.25, 0.3) is 0 Å². The fourth-order valence-electron chi connectivity index (χ4n) is 18.2. The fourth-order valence-corrected chi connectivity index (χ4v) is 18.2. The maximum Gasteiger partial charge on any atom is 0.0619 e. The van der Waals surface area contributed by atoms with Crippen LogP contribution in [-0.4, -0.2) is 0 Å². The molecule has 4 fully saturated rings. The molecule has 0 unspecified atom stereocenters. The standard InChI is InChI=1S/C106H96N2/c1-73-33-57-89(58-34-73)107(90-61-45-83(46-62-90)71-100(85-49-37-79(38-50-85)67-75-19-7-3-8-20-75)86-51-39-80(40-52-86)68-76-21-9-4-10-22-76)102-66-65-95-93-29-17-32-99-105(93)104(98-31-18-30-97(102)103(95)98)94-27-15-16-28-96(94)106(99)108(91-59-35-74(2)36-60-91)92-63-47-84(48-64-92)72-101(87-53-41-81(42-54-87)69-77-23-11-5-12-24-77)88-55-43-82(44-56-88)70-78-25-13-6-14-26-78/h15-18,27-72H,3-14,19-26H2,1-2H3. The molecule has 0 heterocycles. The van der Waals surface area contributed by atoms with Gasteiger partial charge < -0.3 is 9.80 Å². The normalized spacial score (nSPS) is 14.9. The summed E-state index contributed by atoms with van der Waals surface area (Å²) in [5, 5.41) is 12.5. The fraction of sp³-hybridized carbons (Fsp3) is 0.208. The quantitative estimate of drug-likeness (QED) is 0.0540. The summed E-state index contributed by atoms with van der Waals surface area (Å²) in [5.41, 5.74) is 30.4. The third-order valence-electron chi connectivity index (χ3n) is 23.9. The molecule has 14 aromatic rings. The van der Waals surface area contributed by atoms with Crippen molar-refractivity contribution in [2.24, 2.45) is 0 Å². The second-order valence-corrected chi connectivity index (χ2v) is 31.4. The molecule has 530 valence electrons. The molecule has 0 saturated heterocycles. The van der Waals surface area contributed by atoms with Crippen LogP contribution in [-0.2, 0) is 0 Å². The van der Waals surface area contributed by atoms with Crippen molar-refractivity contribution in [1.82, 2.24) is 0 Å². The van der Waals surface area contributed by atoms with Gasteiger partial charge in [0.15, 0.2) is 0 Å². The second-order valence-electron chi connectivity index (χ2n) is 31.4. The van der Waals surface area contributed by atoms with Crippen LogP contribution in [0.3, 0.4) is 0 Å². The van der Waals surface area contributed by atoms with Crippen LogP contribution in [0.1, 0.15) is 195 Å². The molecule has 2 heteroatoms. The Morgan fingerprint density at radius 3 is 0.926 bits per heavy atom. The lowest BCUT2D eigenvalue weighted by atomic mass is 9.85. The molecule has 0 radical (unpaired) electrons. The Hall–Kier alpha value is -11.3. The summed E-state index contributed by atoms with van der Waals surface area (Å²) in [6.45, 7) is 4.37. The van der Waals surface area contributed by atoms with Crippen molar-refractivity contribution in [3.63, 3.8) is 0 Å². The predicted octanol–water partition coefficient (Wildman–Crippen LogP) is 31.0. The number of nitrogens with zero attached hydrogens (tertiary/aromatic N) is 2. The number of allylic oxidation sites excluding steroid dienone is 4. The van der Waals surface area contributed by atoms with E-state index in [9.17, 15) is 0 Å². The van der Waals surface area contributed by atoms with Gasteiger partial charge in [-0.05, 0) is 282 Å². The highest BCUT2D eigenvalue weighted by Crippen LogP contribution is 2.53. The van der Waals surface area contributed by atoms with E-state index in [4.69, 9.17) is 0 Å². The Balaban J connectivity index is 0.734. The van der Waals surface area contributed by atoms with Crippen molar-refractivity contribution in [2.45, 2.75) is 142 Å². The average Bonchev–Trinajstić information content (AvgIpc) is 0.693. The summed E-state index contributed by atoms with van der Waals surface area (Å²) in [7, 11) is 0. The summed E-state index contributed by atoms with van der Waals surface area (Å²) < 4.78 is 0. The van der Waals surface area contributed by atoms with Gasteiger partial charge in [0.1, 0.15) is 0 Å². The molecule has 4 aliphatic carbocycles. The van der Waals surface area contributed by atoms with Crippen molar-refractivity contribution < 1.29 is 0 Å². The second kappa shape index (κ2) is 30.9. The largest absolute Gasteiger partial charge is 0.310 e. The van der Waals surface area contributed by atoms with Crippen molar-refractivity contribution in [3.8, 4) is 0 Å². The van der Waals surface area contributed by atoms with Crippen LogP contribution in [0.5, 0.6) is 0 Å². The first-order chi connectivity index (χ1) is 53.3. The molecule has 4 aliphatic rings. The van der Waals surface area contributed by atoms with E-state index in [1.165, 1.54) is 255 Å². The molecule has 0 spiro atoms. The van der Waals surface area contributed by atoms with E-state index in [0.717, 1.165) is 39.6 Å². The molecule has 0 atom stereocenters. The van der Waals surface area contributed by atoms with Crippen molar-refractivity contribution in [2.75, 3.05) is 9.80 Å². The zero-order valence-electron chi connectivity index (χ0n) is 62.9. The minimum Gasteiger partial charge on any atom is -0.310 e. The molecule has 108 heavy (non-hydrogen) atoms. The molecule has 0 aliphatic heterocycles. The maximum absolute atomic E-state index is 2.53. The van der Waals surface area contributed by atoms with E-state index < -0.39 is 0 Å². The lowest BCUT2D eigenvalue weighted by Crippen LogP contribution is -2.12. The van der Waals surface area contributed by atoms with Crippen LogP contribution in [0.15, 0.2) is 289 Å². The highest BCUT2D eigenvalue weighted by molar-refractivity contribution is 6.41. The van der Waals surface area contributed by atoms with E-state index in [1.54, 1.807) is 22.3 Å². The first-order valence-electron chi connectivity index (χ1n) is 40.4. The zero-order chi connectivity index (χ0) is 72.3. The van der Waals surface area contributed by atoms with Gasteiger partial charge in [-0.3, -0.25) is 0 Å². The van der Waals surface area contributed by atoms with Gasteiger partial charge in [-0.2, -0.15) is 0 Å². The van der Waals surface area contributed by atoms with Gasteiger partial charge >= 0.3 is 0 Å². The van der Waals surface area contributed by atoms with Crippen LogP contribution in [0.2, 0.25) is 0 Å². The molecule has 18 rings (SSSR count). The van der Waals surface area contributed by atoms with Gasteiger partial charge in [-0.25, -0.2) is 0 Å². The van der Waals surface area contributed by atoms with Gasteiger partial charge in [-0.1, -0.05) is 296 Å². The summed E-state index contributed by atoms with van der Waals surface area (Å²) >= 11 is 0. The van der Waals surface area contributed by atoms with E-state index in [1.807, 2.05) is 0 Å². The minimum absolute atomic E-state index is 1.10. The topological polar surface area (TPSA) is 6.48 Å². The lowest BCUT2D eigenvalue weighted by molar-refractivity contribution is 0.602. The molecular formula is C106H96N2. The Kier molecular flexibility index (Phi) is 19.6. The number of hydrogen-bond acceptors (Lipinski definition) is 2. The molecule has 0 bridgehead atoms. The Bertz CT molecular complexity index is 5620. The van der Waals surface area contributed by atoms with Crippen LogP contribution in [0.25, 0.3) is 101 Å². The molecule has 0 amide bonds. The van der Waals surface area contributed by atoms with E-state index in [-0.39, 0.29) is 0 Å². The van der Waals surface area contributed by atoms with Gasteiger partial charge in [-0.15, -0.1) is 0 Å². The molecular weight excluding hydrogens is 1300 g/mol. The summed E-state index contributed by atoms with van der Waals surface area (Å²) in [4.78, 5) is 5.01. The van der Waals surface area contributed by atoms with Gasteiger partial charge in [0.05, 0.1) is 11.4 Å². The van der Waals surface area contributed by atoms with Crippen molar-refractivity contribution in [3.05, 3.63) is 356 Å². The number of benzene rings is 14. The van der Waals surface area contributed by atoms with Crippen molar-refractivity contribution >= 4 is 136 Å². The maximum atomic E-state index is 2.53. The zero-order valence-corrected chi connectivity index (χ0v) is 62.9. The third-order valence-corrected chi connectivity index (χ3v) is 23.9. The van der Waals surface area contributed by atoms with Crippen LogP contribution in [0.4, 0.5) is 34.1 Å². The Morgan fingerprint density at radius 2 is 0.528 bits per heavy atom. The number of hydrogen-bond donors (Lipinski definition) is 0. The van der Waals surface area contributed by atoms with E-state index in [0.29, 0.717) is 0 Å². The third kappa shape index (κ3) is 14.3. The smallest absolute Gasteiger partial charge is 0.0619 e. The monoisotopic (exact) mass is 1400 g/mol. The highest BCUT2D eigenvalue weighted by atomic mass is 15.2. The van der Waals surface area contributed by atoms with Gasteiger partial charge in [0.2, 0.25) is 0 Å². The first kappa shape index (κ1) is 68.5. The summed E-state index contributed by atoms with van der Waals surface area (Å²) in [6.07, 6.45) is 40.2. The van der Waals surface area contributed by atoms with Crippen molar-refractivity contribution in [1.29, 1.82) is 0 Å². The molecule has 14 aromatic carbocycles. The molecule has 0 N–H and O–H groups in total. The molecule has 0 aromatic heterocycles. The van der Waals surface area contributed by atoms with E-state index in [2.05, 4.69) is 327 Å². The van der Waals surface area contributed by atoms with Gasteiger partial charge in [0, 0.05) is 44.3 Å². The summed E-state index contributed by atoms with van der Waals surface area (Å²) in [6, 6.07) is 102.